The van der Waals surface area contributed by atoms with Gasteiger partial charge in [0.05, 0.1) is 58.0 Å². The van der Waals surface area contributed by atoms with Crippen LogP contribution in [0.15, 0.2) is 41.3 Å². The van der Waals surface area contributed by atoms with Crippen molar-refractivity contribution in [1.29, 1.82) is 0 Å². The van der Waals surface area contributed by atoms with Crippen LogP contribution in [0.2, 0.25) is 0 Å². The Morgan fingerprint density at radius 2 is 1.93 bits per heavy atom. The Morgan fingerprint density at radius 3 is 2.60 bits per heavy atom. The van der Waals surface area contributed by atoms with E-state index in [1.807, 2.05) is 0 Å². The molecular weight excluding hydrogens is 613 g/mol. The van der Waals surface area contributed by atoms with Gasteiger partial charge in [-0.25, -0.2) is 17.2 Å². The third-order valence-corrected chi connectivity index (χ3v) is 9.12. The number of alkyl halides is 5. The molecule has 1 aromatic heterocycles. The lowest BCUT2D eigenvalue weighted by Gasteiger charge is -2.37. The van der Waals surface area contributed by atoms with E-state index in [1.165, 1.54) is 25.3 Å². The van der Waals surface area contributed by atoms with E-state index in [9.17, 15) is 30.4 Å². The van der Waals surface area contributed by atoms with Crippen molar-refractivity contribution in [3.8, 4) is 17.6 Å². The lowest BCUT2D eigenvalue weighted by Crippen LogP contribution is -2.53. The Kier molecular flexibility index (Phi) is 10.1. The smallest absolute Gasteiger partial charge is 0.393 e. The number of thiophene rings is 1. The van der Waals surface area contributed by atoms with Gasteiger partial charge in [-0.1, -0.05) is 24.0 Å². The van der Waals surface area contributed by atoms with E-state index in [-0.39, 0.29) is 47.3 Å². The summed E-state index contributed by atoms with van der Waals surface area (Å²) in [4.78, 5) is 1.78. The summed E-state index contributed by atoms with van der Waals surface area (Å²) in [7, 11) is -0.382. The average molecular weight is 646 g/mol. The summed E-state index contributed by atoms with van der Waals surface area (Å²) in [6, 6.07) is 7.83. The molecular formula is C29H32F5N3O4S2. The first-order valence-corrected chi connectivity index (χ1v) is 16.0. The van der Waals surface area contributed by atoms with Crippen molar-refractivity contribution >= 4 is 42.6 Å². The number of likely N-dealkylation sites (tertiary alicyclic amines) is 1. The number of rotatable bonds is 10. The van der Waals surface area contributed by atoms with Gasteiger partial charge in [0.1, 0.15) is 12.4 Å². The first kappa shape index (κ1) is 32.8. The number of hydrogen-bond acceptors (Lipinski definition) is 8. The zero-order valence-electron chi connectivity index (χ0n) is 23.8. The third kappa shape index (κ3) is 8.50. The molecule has 14 heteroatoms. The maximum absolute atomic E-state index is 14.7. The fourth-order valence-corrected chi connectivity index (χ4v) is 6.54. The predicted octanol–water partition coefficient (Wildman–Crippen LogP) is 5.65. The largest absolute Gasteiger partial charge is 0.489 e. The molecule has 43 heavy (non-hydrogen) atoms. The molecule has 7 nitrogen and oxygen atoms in total. The first-order valence-electron chi connectivity index (χ1n) is 13.3. The number of halogens is 5. The molecule has 234 valence electrons. The number of anilines is 2. The van der Waals surface area contributed by atoms with Gasteiger partial charge in [0.25, 0.3) is 5.92 Å². The highest BCUT2D eigenvalue weighted by atomic mass is 32.2. The first-order chi connectivity index (χ1) is 20.2. The Balaban J connectivity index is 1.61. The van der Waals surface area contributed by atoms with E-state index in [0.717, 1.165) is 17.6 Å². The number of piperidine rings is 1. The van der Waals surface area contributed by atoms with Crippen LogP contribution in [0.1, 0.15) is 16.9 Å². The minimum absolute atomic E-state index is 0.00544. The van der Waals surface area contributed by atoms with Crippen LogP contribution < -0.4 is 15.4 Å². The number of nitrogens with one attached hydrogen (secondary N) is 2. The minimum Gasteiger partial charge on any atom is -0.489 e. The van der Waals surface area contributed by atoms with Crippen LogP contribution >= 0.6 is 11.3 Å². The molecule has 0 radical (unpaired) electrons. The van der Waals surface area contributed by atoms with E-state index < -0.39 is 40.9 Å². The molecule has 0 bridgehead atoms. The highest BCUT2D eigenvalue weighted by Gasteiger charge is 2.44. The van der Waals surface area contributed by atoms with Crippen molar-refractivity contribution < 1.29 is 39.8 Å². The molecule has 1 saturated heterocycles. The van der Waals surface area contributed by atoms with Gasteiger partial charge in [-0.3, -0.25) is 0 Å². The molecule has 1 aliphatic heterocycles. The zero-order valence-corrected chi connectivity index (χ0v) is 25.4. The zero-order chi connectivity index (χ0) is 31.4. The summed E-state index contributed by atoms with van der Waals surface area (Å²) in [6.45, 7) is 0.484. The highest BCUT2D eigenvalue weighted by molar-refractivity contribution is 7.90. The predicted molar refractivity (Wildman–Crippen MR) is 158 cm³/mol. The molecule has 0 saturated carbocycles. The summed E-state index contributed by atoms with van der Waals surface area (Å²) in [6.07, 6.45) is -4.48. The fourth-order valence-electron chi connectivity index (χ4n) is 4.73. The monoisotopic (exact) mass is 645 g/mol. The maximum atomic E-state index is 14.7. The SMILES string of the molecule is COCCOc1cc(S(C)(=O)=O)ccc1NCC#Cc1sc2c(NC3CCN(C)CC3(F)F)cccc2c1CC(F)(F)F. The Hall–Kier alpha value is -3.12. The molecule has 0 amide bonds. The average Bonchev–Trinajstić information content (AvgIpc) is 3.24. The standard InChI is InChI=1S/C29H32F5N3O4S2/c1-37-13-11-26(28(30,31)18-37)36-23-7-4-6-20-21(17-29(32,33)34)25(42-27(20)23)8-5-12-35-22-10-9-19(43(3,38)39)16-24(22)41-15-14-40-2/h4,6-7,9-10,16,26,35-36H,11-15,17-18H2,1-3H3. The van der Waals surface area contributed by atoms with E-state index in [0.29, 0.717) is 28.0 Å². The van der Waals surface area contributed by atoms with E-state index in [4.69, 9.17) is 9.47 Å². The summed E-state index contributed by atoms with van der Waals surface area (Å²) in [5.74, 6) is 2.90. The Morgan fingerprint density at radius 1 is 1.16 bits per heavy atom. The van der Waals surface area contributed by atoms with Crippen molar-refractivity contribution in [3.05, 3.63) is 46.8 Å². The van der Waals surface area contributed by atoms with Crippen LogP contribution in [-0.2, 0) is 21.0 Å². The minimum atomic E-state index is -4.51. The van der Waals surface area contributed by atoms with Crippen LogP contribution in [0.5, 0.6) is 5.75 Å². The van der Waals surface area contributed by atoms with Crippen molar-refractivity contribution in [2.24, 2.45) is 0 Å². The van der Waals surface area contributed by atoms with Crippen molar-refractivity contribution in [3.63, 3.8) is 0 Å². The second-order valence-corrected chi connectivity index (χ2v) is 13.3. The van der Waals surface area contributed by atoms with Gasteiger partial charge in [-0.15, -0.1) is 11.3 Å². The van der Waals surface area contributed by atoms with Crippen molar-refractivity contribution in [1.82, 2.24) is 4.90 Å². The van der Waals surface area contributed by atoms with Gasteiger partial charge in [0.15, 0.2) is 9.84 Å². The molecule has 2 N–H and O–H groups in total. The fraction of sp³-hybridized carbons (Fsp3) is 0.448. The maximum Gasteiger partial charge on any atom is 0.393 e. The summed E-state index contributed by atoms with van der Waals surface area (Å²) in [5, 5.41) is 6.22. The summed E-state index contributed by atoms with van der Waals surface area (Å²) in [5.41, 5.74) is 0.769. The topological polar surface area (TPSA) is 79.9 Å². The molecule has 1 atom stereocenters. The number of hydrogen-bond donors (Lipinski definition) is 2. The van der Waals surface area contributed by atoms with E-state index in [1.54, 1.807) is 30.1 Å². The van der Waals surface area contributed by atoms with Gasteiger partial charge < -0.3 is 25.0 Å². The van der Waals surface area contributed by atoms with Crippen molar-refractivity contribution in [2.75, 3.05) is 63.9 Å². The number of fused-ring (bicyclic) bond motifs is 1. The number of nitrogens with zero attached hydrogens (tertiary/aromatic N) is 1. The van der Waals surface area contributed by atoms with Gasteiger partial charge >= 0.3 is 6.18 Å². The molecule has 0 spiro atoms. The molecule has 1 aliphatic rings. The van der Waals surface area contributed by atoms with Crippen molar-refractivity contribution in [2.45, 2.75) is 35.9 Å². The quantitative estimate of drug-likeness (QED) is 0.168. The molecule has 3 aromatic rings. The number of ether oxygens (including phenoxy) is 2. The third-order valence-electron chi connectivity index (χ3n) is 6.81. The second-order valence-electron chi connectivity index (χ2n) is 10.3. The van der Waals surface area contributed by atoms with Crippen LogP contribution in [0.4, 0.5) is 33.3 Å². The summed E-state index contributed by atoms with van der Waals surface area (Å²) >= 11 is 1.02. The van der Waals surface area contributed by atoms with Crippen LogP contribution in [0, 0.1) is 11.8 Å². The van der Waals surface area contributed by atoms with E-state index in [2.05, 4.69) is 22.5 Å². The van der Waals surface area contributed by atoms with Gasteiger partial charge in [0.2, 0.25) is 0 Å². The second kappa shape index (κ2) is 13.3. The molecule has 2 aromatic carbocycles. The highest BCUT2D eigenvalue weighted by Crippen LogP contribution is 2.40. The number of sulfone groups is 1. The number of methoxy groups -OCH3 is 1. The van der Waals surface area contributed by atoms with Crippen LogP contribution in [0.25, 0.3) is 10.1 Å². The lowest BCUT2D eigenvalue weighted by molar-refractivity contribution is -0.126. The normalized spacial score (nSPS) is 17.3. The Bertz CT molecular complexity index is 1610. The molecule has 2 heterocycles. The van der Waals surface area contributed by atoms with E-state index >= 15 is 0 Å². The molecule has 0 aliphatic carbocycles. The number of benzene rings is 2. The lowest BCUT2D eigenvalue weighted by atomic mass is 10.0. The van der Waals surface area contributed by atoms with Crippen LogP contribution in [0.3, 0.4) is 0 Å². The molecule has 1 unspecified atom stereocenters. The van der Waals surface area contributed by atoms with Gasteiger partial charge in [-0.2, -0.15) is 13.2 Å². The Labute approximate surface area is 251 Å². The molecule has 4 rings (SSSR count). The van der Waals surface area contributed by atoms with Gasteiger partial charge in [-0.05, 0) is 42.6 Å². The molecule has 1 fully saturated rings. The summed E-state index contributed by atoms with van der Waals surface area (Å²) < 4.78 is 105. The van der Waals surface area contributed by atoms with Crippen LogP contribution in [-0.4, -0.2) is 84.7 Å². The van der Waals surface area contributed by atoms with Gasteiger partial charge in [0, 0.05) is 26.0 Å².